The minimum Gasteiger partial charge on any atom is -0.476 e. The van der Waals surface area contributed by atoms with Gasteiger partial charge in [0.25, 0.3) is 0 Å². The normalized spacial score (nSPS) is 29.8. The van der Waals surface area contributed by atoms with Gasteiger partial charge < -0.3 is 25.4 Å². The number of amides is 1. The topological polar surface area (TPSA) is 112 Å². The zero-order valence-corrected chi connectivity index (χ0v) is 19.5. The second-order valence-corrected chi connectivity index (χ2v) is 9.65. The summed E-state index contributed by atoms with van der Waals surface area (Å²) in [7, 11) is 0. The minimum absolute atomic E-state index is 0.0943. The molecule has 0 saturated heterocycles. The lowest BCUT2D eigenvalue weighted by molar-refractivity contribution is -0.153. The van der Waals surface area contributed by atoms with E-state index in [-0.39, 0.29) is 18.0 Å². The Kier molecular flexibility index (Phi) is 5.36. The van der Waals surface area contributed by atoms with Crippen molar-refractivity contribution < 1.29 is 24.9 Å². The average Bonchev–Trinajstić information content (AvgIpc) is 3.16. The van der Waals surface area contributed by atoms with Crippen LogP contribution >= 0.6 is 27.5 Å². The lowest BCUT2D eigenvalue weighted by atomic mass is 9.71. The number of aliphatic hydroxyl groups excluding tert-OH is 1. The van der Waals surface area contributed by atoms with Gasteiger partial charge in [0.05, 0.1) is 11.1 Å². The Hall–Kier alpha value is -2.65. The average molecular weight is 532 g/mol. The van der Waals surface area contributed by atoms with E-state index in [1.165, 1.54) is 6.20 Å². The van der Waals surface area contributed by atoms with Gasteiger partial charge in [0.1, 0.15) is 11.4 Å². The number of pyridine rings is 1. The minimum atomic E-state index is -1.97. The Labute approximate surface area is 203 Å². The molecule has 3 aromatic rings. The first-order valence-electron chi connectivity index (χ1n) is 10.3. The van der Waals surface area contributed by atoms with E-state index in [0.717, 1.165) is 10.0 Å². The number of nitrogens with one attached hydrogen (secondary N) is 1. The highest BCUT2D eigenvalue weighted by molar-refractivity contribution is 9.10. The number of fused-ring (bicyclic) bond motifs is 3. The van der Waals surface area contributed by atoms with Crippen molar-refractivity contribution in [2.45, 2.75) is 23.2 Å². The smallest absolute Gasteiger partial charge is 0.404 e. The Morgan fingerprint density at radius 3 is 2.55 bits per heavy atom. The molecule has 1 fully saturated rings. The van der Waals surface area contributed by atoms with Crippen molar-refractivity contribution in [2.75, 3.05) is 6.54 Å². The summed E-state index contributed by atoms with van der Waals surface area (Å²) in [6.07, 6.45) is -1.22. The molecule has 5 rings (SSSR count). The molecule has 1 aromatic heterocycles. The fourth-order valence-corrected chi connectivity index (χ4v) is 5.81. The van der Waals surface area contributed by atoms with Gasteiger partial charge in [0, 0.05) is 35.1 Å². The standard InChI is InChI=1S/C24H20BrClN2O5/c25-15-8-6-14(7-9-15)24-19(13-4-2-1-3-5-13)17(12-28-22(30)31)21(29)23(24,32)20-18(33-24)10-16(26)11-27-20/h1-11,17,19,21,28-29,32H,12H2,(H,30,31)/t17-,19-,21-,23+,24+/m1/s1. The van der Waals surface area contributed by atoms with Gasteiger partial charge in [-0.1, -0.05) is 70.0 Å². The maximum absolute atomic E-state index is 12.3. The maximum atomic E-state index is 12.3. The van der Waals surface area contributed by atoms with Crippen molar-refractivity contribution in [3.63, 3.8) is 0 Å². The van der Waals surface area contributed by atoms with Crippen LogP contribution in [0.25, 0.3) is 0 Å². The van der Waals surface area contributed by atoms with Crippen molar-refractivity contribution in [3.05, 3.63) is 93.2 Å². The predicted molar refractivity (Wildman–Crippen MR) is 124 cm³/mol. The Morgan fingerprint density at radius 1 is 1.18 bits per heavy atom. The van der Waals surface area contributed by atoms with Gasteiger partial charge in [-0.2, -0.15) is 0 Å². The number of carboxylic acid groups (broad SMARTS) is 1. The third-order valence-corrected chi connectivity index (χ3v) is 7.37. The van der Waals surface area contributed by atoms with Crippen LogP contribution in [-0.2, 0) is 11.2 Å². The molecule has 0 bridgehead atoms. The molecular formula is C24H20BrClN2O5. The van der Waals surface area contributed by atoms with E-state index in [1.807, 2.05) is 54.6 Å². The molecule has 2 aromatic carbocycles. The zero-order chi connectivity index (χ0) is 23.4. The van der Waals surface area contributed by atoms with Crippen molar-refractivity contribution in [1.29, 1.82) is 0 Å². The van der Waals surface area contributed by atoms with Gasteiger partial charge in [0.2, 0.25) is 0 Å². The van der Waals surface area contributed by atoms with E-state index >= 15 is 0 Å². The zero-order valence-electron chi connectivity index (χ0n) is 17.2. The van der Waals surface area contributed by atoms with Crippen molar-refractivity contribution in [1.82, 2.24) is 10.3 Å². The first-order chi connectivity index (χ1) is 15.8. The van der Waals surface area contributed by atoms with Gasteiger partial charge >= 0.3 is 6.09 Å². The van der Waals surface area contributed by atoms with Crippen LogP contribution in [0.2, 0.25) is 5.02 Å². The summed E-state index contributed by atoms with van der Waals surface area (Å²) >= 11 is 9.61. The van der Waals surface area contributed by atoms with E-state index in [0.29, 0.717) is 10.6 Å². The lowest BCUT2D eigenvalue weighted by Gasteiger charge is -2.40. The number of hydrogen-bond donors (Lipinski definition) is 4. The van der Waals surface area contributed by atoms with E-state index in [1.54, 1.807) is 6.07 Å². The first kappa shape index (κ1) is 22.2. The molecule has 4 N–H and O–H groups in total. The van der Waals surface area contributed by atoms with Gasteiger partial charge in [-0.25, -0.2) is 4.79 Å². The molecule has 2 heterocycles. The van der Waals surface area contributed by atoms with Crippen LogP contribution < -0.4 is 10.1 Å². The molecule has 1 aliphatic carbocycles. The molecule has 0 spiro atoms. The number of aromatic nitrogens is 1. The second kappa shape index (κ2) is 7.99. The van der Waals surface area contributed by atoms with Crippen LogP contribution in [0.3, 0.4) is 0 Å². The van der Waals surface area contributed by atoms with Crippen molar-refractivity contribution in [2.24, 2.45) is 5.92 Å². The van der Waals surface area contributed by atoms with Crippen LogP contribution in [0.4, 0.5) is 4.79 Å². The van der Waals surface area contributed by atoms with Crippen LogP contribution in [0.15, 0.2) is 71.3 Å². The van der Waals surface area contributed by atoms with Crippen LogP contribution in [0.5, 0.6) is 5.75 Å². The number of halogens is 2. The summed E-state index contributed by atoms with van der Waals surface area (Å²) in [5.41, 5.74) is -1.88. The molecule has 9 heteroatoms. The van der Waals surface area contributed by atoms with Gasteiger partial charge in [-0.15, -0.1) is 0 Å². The number of nitrogens with zero attached hydrogens (tertiary/aromatic N) is 1. The van der Waals surface area contributed by atoms with Crippen molar-refractivity contribution >= 4 is 33.6 Å². The fourth-order valence-electron chi connectivity index (χ4n) is 5.40. The summed E-state index contributed by atoms with van der Waals surface area (Å²) in [6, 6.07) is 18.2. The van der Waals surface area contributed by atoms with Gasteiger partial charge in [0.15, 0.2) is 11.2 Å². The molecule has 1 aliphatic heterocycles. The molecule has 170 valence electrons. The second-order valence-electron chi connectivity index (χ2n) is 8.29. The third kappa shape index (κ3) is 3.16. The van der Waals surface area contributed by atoms with E-state index < -0.39 is 35.2 Å². The molecule has 33 heavy (non-hydrogen) atoms. The quantitative estimate of drug-likeness (QED) is 0.405. The Bertz CT molecular complexity index is 1210. The summed E-state index contributed by atoms with van der Waals surface area (Å²) < 4.78 is 7.39. The first-order valence-corrected chi connectivity index (χ1v) is 11.5. The van der Waals surface area contributed by atoms with Crippen molar-refractivity contribution in [3.8, 4) is 5.75 Å². The largest absolute Gasteiger partial charge is 0.476 e. The highest BCUT2D eigenvalue weighted by Gasteiger charge is 2.76. The number of ether oxygens (including phenoxy) is 1. The predicted octanol–water partition coefficient (Wildman–Crippen LogP) is 4.02. The number of carbonyl (C=O) groups is 1. The molecule has 5 atom stereocenters. The SMILES string of the molecule is O=C(O)NC[C@H]1[C@@H](O)[C@@]2(O)c3ncc(Cl)cc3O[C@@]2(c2ccc(Br)cc2)[C@@H]1c1ccccc1. The number of hydrogen-bond acceptors (Lipinski definition) is 5. The fraction of sp³-hybridized carbons (Fsp3) is 0.250. The highest BCUT2D eigenvalue weighted by atomic mass is 79.9. The van der Waals surface area contributed by atoms with Gasteiger partial charge in [-0.3, -0.25) is 4.98 Å². The molecular weight excluding hydrogens is 512 g/mol. The van der Waals surface area contributed by atoms with Gasteiger partial charge in [-0.05, 0) is 23.3 Å². The molecule has 2 aliphatic rings. The molecule has 0 radical (unpaired) electrons. The summed E-state index contributed by atoms with van der Waals surface area (Å²) in [4.78, 5) is 15.7. The van der Waals surface area contributed by atoms with E-state index in [9.17, 15) is 20.1 Å². The number of benzene rings is 2. The molecule has 1 amide bonds. The summed E-state index contributed by atoms with van der Waals surface area (Å²) in [5, 5.41) is 35.9. The van der Waals surface area contributed by atoms with Crippen LogP contribution in [-0.4, -0.2) is 39.0 Å². The molecule has 1 saturated carbocycles. The summed E-state index contributed by atoms with van der Waals surface area (Å²) in [5.74, 6) is -1.07. The third-order valence-electron chi connectivity index (χ3n) is 6.64. The van der Waals surface area contributed by atoms with Crippen LogP contribution in [0, 0.1) is 5.92 Å². The monoisotopic (exact) mass is 530 g/mol. The highest BCUT2D eigenvalue weighted by Crippen LogP contribution is 2.67. The van der Waals surface area contributed by atoms with E-state index in [2.05, 4.69) is 26.2 Å². The maximum Gasteiger partial charge on any atom is 0.404 e. The lowest BCUT2D eigenvalue weighted by Crippen LogP contribution is -2.52. The number of aliphatic hydroxyl groups is 2. The molecule has 0 unspecified atom stereocenters. The Balaban J connectivity index is 1.80. The van der Waals surface area contributed by atoms with Crippen LogP contribution in [0.1, 0.15) is 22.7 Å². The Morgan fingerprint density at radius 2 is 1.88 bits per heavy atom. The number of rotatable bonds is 4. The molecule has 7 nitrogen and oxygen atoms in total. The van der Waals surface area contributed by atoms with E-state index in [4.69, 9.17) is 16.3 Å². The summed E-state index contributed by atoms with van der Waals surface area (Å²) in [6.45, 7) is -0.0943.